The number of amides is 1. The van der Waals surface area contributed by atoms with Crippen LogP contribution in [0.4, 0.5) is 0 Å². The lowest BCUT2D eigenvalue weighted by atomic mass is 10.1. The summed E-state index contributed by atoms with van der Waals surface area (Å²) < 4.78 is 5.57. The standard InChI is InChI=1S/C14H21NO2S/c1-11(13-7-3-9-17-13)15-14(16)8-2-5-12-6-4-10-18-12/h4,6,10-11,13H,2-3,5,7-9H2,1H3,(H,15,16). The van der Waals surface area contributed by atoms with Gasteiger partial charge in [-0.15, -0.1) is 11.3 Å². The topological polar surface area (TPSA) is 38.3 Å². The molecule has 1 aliphatic rings. The third kappa shape index (κ3) is 4.10. The lowest BCUT2D eigenvalue weighted by Crippen LogP contribution is -2.40. The first kappa shape index (κ1) is 13.6. The lowest BCUT2D eigenvalue weighted by Gasteiger charge is -2.19. The number of thiophene rings is 1. The summed E-state index contributed by atoms with van der Waals surface area (Å²) in [4.78, 5) is 13.1. The Hall–Kier alpha value is -0.870. The zero-order valence-electron chi connectivity index (χ0n) is 10.9. The van der Waals surface area contributed by atoms with E-state index in [4.69, 9.17) is 4.74 Å². The Balaban J connectivity index is 1.62. The molecule has 3 nitrogen and oxygen atoms in total. The van der Waals surface area contributed by atoms with E-state index in [0.717, 1.165) is 32.3 Å². The molecule has 18 heavy (non-hydrogen) atoms. The Labute approximate surface area is 113 Å². The van der Waals surface area contributed by atoms with Crippen molar-refractivity contribution in [2.45, 2.75) is 51.2 Å². The Morgan fingerprint density at radius 3 is 3.22 bits per heavy atom. The summed E-state index contributed by atoms with van der Waals surface area (Å²) in [5.74, 6) is 0.148. The highest BCUT2D eigenvalue weighted by atomic mass is 32.1. The van der Waals surface area contributed by atoms with Crippen LogP contribution in [0, 0.1) is 0 Å². The summed E-state index contributed by atoms with van der Waals surface area (Å²) in [7, 11) is 0. The van der Waals surface area contributed by atoms with Crippen LogP contribution in [0.15, 0.2) is 17.5 Å². The van der Waals surface area contributed by atoms with Crippen LogP contribution >= 0.6 is 11.3 Å². The van der Waals surface area contributed by atoms with Crippen LogP contribution < -0.4 is 5.32 Å². The second-order valence-electron chi connectivity index (χ2n) is 4.84. The average molecular weight is 267 g/mol. The van der Waals surface area contributed by atoms with Gasteiger partial charge in [-0.3, -0.25) is 4.79 Å². The predicted octanol–water partition coefficient (Wildman–Crippen LogP) is 2.75. The Morgan fingerprint density at radius 1 is 1.67 bits per heavy atom. The second kappa shape index (κ2) is 6.90. The van der Waals surface area contributed by atoms with Crippen molar-refractivity contribution in [3.8, 4) is 0 Å². The minimum Gasteiger partial charge on any atom is -0.376 e. The van der Waals surface area contributed by atoms with Gasteiger partial charge in [-0.2, -0.15) is 0 Å². The molecule has 1 aromatic heterocycles. The van der Waals surface area contributed by atoms with Crippen molar-refractivity contribution in [1.82, 2.24) is 5.32 Å². The predicted molar refractivity (Wildman–Crippen MR) is 73.8 cm³/mol. The molecule has 1 amide bonds. The maximum absolute atomic E-state index is 11.8. The monoisotopic (exact) mass is 267 g/mol. The lowest BCUT2D eigenvalue weighted by molar-refractivity contribution is -0.122. The number of nitrogens with one attached hydrogen (secondary N) is 1. The van der Waals surface area contributed by atoms with Crippen LogP contribution in [-0.4, -0.2) is 24.7 Å². The molecule has 0 spiro atoms. The van der Waals surface area contributed by atoms with Crippen molar-refractivity contribution in [3.63, 3.8) is 0 Å². The molecule has 2 rings (SSSR count). The quantitative estimate of drug-likeness (QED) is 0.860. The minimum atomic E-state index is 0.140. The molecule has 0 saturated carbocycles. The molecule has 0 bridgehead atoms. The average Bonchev–Trinajstić information content (AvgIpc) is 3.02. The fourth-order valence-electron chi connectivity index (χ4n) is 2.29. The molecular formula is C14H21NO2S. The fourth-order valence-corrected chi connectivity index (χ4v) is 3.05. The zero-order chi connectivity index (χ0) is 12.8. The molecule has 0 aromatic carbocycles. The molecule has 0 aliphatic carbocycles. The zero-order valence-corrected chi connectivity index (χ0v) is 11.7. The molecule has 0 radical (unpaired) electrons. The Kier molecular flexibility index (Phi) is 5.20. The van der Waals surface area contributed by atoms with Gasteiger partial charge < -0.3 is 10.1 Å². The number of hydrogen-bond donors (Lipinski definition) is 1. The first-order chi connectivity index (χ1) is 8.75. The van der Waals surface area contributed by atoms with Gasteiger partial charge in [0.25, 0.3) is 0 Å². The van der Waals surface area contributed by atoms with E-state index in [1.165, 1.54) is 4.88 Å². The van der Waals surface area contributed by atoms with Crippen molar-refractivity contribution >= 4 is 17.2 Å². The highest BCUT2D eigenvalue weighted by Crippen LogP contribution is 2.16. The maximum atomic E-state index is 11.8. The molecule has 4 heteroatoms. The second-order valence-corrected chi connectivity index (χ2v) is 5.87. The third-order valence-electron chi connectivity index (χ3n) is 3.32. The third-order valence-corrected chi connectivity index (χ3v) is 4.25. The van der Waals surface area contributed by atoms with E-state index in [2.05, 4.69) is 22.8 Å². The molecule has 1 aliphatic heterocycles. The van der Waals surface area contributed by atoms with Crippen LogP contribution in [-0.2, 0) is 16.0 Å². The molecule has 1 saturated heterocycles. The van der Waals surface area contributed by atoms with Gasteiger partial charge in [0.15, 0.2) is 0 Å². The number of ether oxygens (including phenoxy) is 1. The van der Waals surface area contributed by atoms with E-state index >= 15 is 0 Å². The van der Waals surface area contributed by atoms with E-state index in [9.17, 15) is 4.79 Å². The van der Waals surface area contributed by atoms with Gasteiger partial charge in [-0.1, -0.05) is 6.07 Å². The van der Waals surface area contributed by atoms with Gasteiger partial charge in [-0.05, 0) is 44.1 Å². The Morgan fingerprint density at radius 2 is 2.56 bits per heavy atom. The van der Waals surface area contributed by atoms with Crippen molar-refractivity contribution in [2.75, 3.05) is 6.61 Å². The fraction of sp³-hybridized carbons (Fsp3) is 0.643. The highest BCUT2D eigenvalue weighted by Gasteiger charge is 2.23. The van der Waals surface area contributed by atoms with Gasteiger partial charge in [0.1, 0.15) is 0 Å². The van der Waals surface area contributed by atoms with Crippen LogP contribution in [0.3, 0.4) is 0 Å². The SMILES string of the molecule is CC(NC(=O)CCCc1cccs1)C1CCCO1. The van der Waals surface area contributed by atoms with Crippen LogP contribution in [0.5, 0.6) is 0 Å². The number of hydrogen-bond acceptors (Lipinski definition) is 3. The van der Waals surface area contributed by atoms with Crippen LogP contribution in [0.25, 0.3) is 0 Å². The smallest absolute Gasteiger partial charge is 0.220 e. The van der Waals surface area contributed by atoms with Crippen LogP contribution in [0.2, 0.25) is 0 Å². The molecular weight excluding hydrogens is 246 g/mol. The number of carbonyl (C=O) groups excluding carboxylic acids is 1. The summed E-state index contributed by atoms with van der Waals surface area (Å²) in [5.41, 5.74) is 0. The summed E-state index contributed by atoms with van der Waals surface area (Å²) in [6, 6.07) is 4.32. The minimum absolute atomic E-state index is 0.140. The molecule has 2 atom stereocenters. The number of aryl methyl sites for hydroxylation is 1. The van der Waals surface area contributed by atoms with Gasteiger partial charge >= 0.3 is 0 Å². The normalized spacial score (nSPS) is 20.8. The summed E-state index contributed by atoms with van der Waals surface area (Å²) in [5, 5.41) is 5.12. The van der Waals surface area contributed by atoms with Gasteiger partial charge in [-0.25, -0.2) is 0 Å². The largest absolute Gasteiger partial charge is 0.376 e. The van der Waals surface area contributed by atoms with Crippen LogP contribution in [0.1, 0.15) is 37.5 Å². The Bertz CT molecular complexity index is 358. The van der Waals surface area contributed by atoms with Crippen molar-refractivity contribution in [2.24, 2.45) is 0 Å². The molecule has 1 fully saturated rings. The van der Waals surface area contributed by atoms with E-state index in [1.54, 1.807) is 11.3 Å². The molecule has 1 N–H and O–H groups in total. The van der Waals surface area contributed by atoms with Crippen molar-refractivity contribution < 1.29 is 9.53 Å². The summed E-state index contributed by atoms with van der Waals surface area (Å²) in [6.45, 7) is 2.87. The van der Waals surface area contributed by atoms with E-state index in [0.29, 0.717) is 6.42 Å². The summed E-state index contributed by atoms with van der Waals surface area (Å²) >= 11 is 1.76. The van der Waals surface area contributed by atoms with Crippen molar-refractivity contribution in [3.05, 3.63) is 22.4 Å². The maximum Gasteiger partial charge on any atom is 0.220 e. The summed E-state index contributed by atoms with van der Waals surface area (Å²) in [6.07, 6.45) is 4.92. The molecule has 100 valence electrons. The van der Waals surface area contributed by atoms with E-state index in [1.807, 2.05) is 6.92 Å². The first-order valence-electron chi connectivity index (χ1n) is 6.69. The number of rotatable bonds is 6. The van der Waals surface area contributed by atoms with Gasteiger partial charge in [0, 0.05) is 17.9 Å². The molecule has 2 heterocycles. The van der Waals surface area contributed by atoms with Gasteiger partial charge in [0.05, 0.1) is 12.1 Å². The molecule has 2 unspecified atom stereocenters. The van der Waals surface area contributed by atoms with E-state index in [-0.39, 0.29) is 18.1 Å². The van der Waals surface area contributed by atoms with Crippen molar-refractivity contribution in [1.29, 1.82) is 0 Å². The molecule has 1 aromatic rings. The van der Waals surface area contributed by atoms with Gasteiger partial charge in [0.2, 0.25) is 5.91 Å². The first-order valence-corrected chi connectivity index (χ1v) is 7.57. The van der Waals surface area contributed by atoms with E-state index < -0.39 is 0 Å². The highest BCUT2D eigenvalue weighted by molar-refractivity contribution is 7.09. The number of carbonyl (C=O) groups is 1.